The minimum Gasteiger partial charge on any atom is -0.495 e. The Morgan fingerprint density at radius 3 is 2.40 bits per heavy atom. The summed E-state index contributed by atoms with van der Waals surface area (Å²) in [6.07, 6.45) is 2.57. The molecule has 4 heteroatoms. The number of methoxy groups -OCH3 is 1. The number of ether oxygens (including phenoxy) is 1. The molecule has 1 fully saturated rings. The number of carbonyl (C=O) groups excluding carboxylic acids is 2. The van der Waals surface area contributed by atoms with Crippen LogP contribution in [0.15, 0.2) is 35.7 Å². The summed E-state index contributed by atoms with van der Waals surface area (Å²) in [5.41, 5.74) is 2.09. The number of benzene rings is 1. The fraction of sp³-hybridized carbons (Fsp3) is 0.250. The molecule has 0 N–H and O–H groups in total. The summed E-state index contributed by atoms with van der Waals surface area (Å²) in [5, 5.41) is 1.88. The number of hydrogen-bond acceptors (Lipinski definition) is 4. The number of thiophene rings is 1. The molecular formula is C16H16O3S. The molecule has 2 aromatic rings. The van der Waals surface area contributed by atoms with Crippen molar-refractivity contribution in [3.8, 4) is 5.75 Å². The van der Waals surface area contributed by atoms with Crippen LogP contribution in [0.1, 0.15) is 39.6 Å². The molecule has 1 aromatic carbocycles. The SMILES string of the molecule is C=O.COc1ccsc1C(=O)c1ccc(C2CC2)cc1. The fourth-order valence-corrected chi connectivity index (χ4v) is 2.90. The van der Waals surface area contributed by atoms with Crippen LogP contribution in [0.4, 0.5) is 0 Å². The standard InChI is InChI=1S/C15H14O2S.CH2O/c1-17-13-8-9-18-15(13)14(16)12-6-4-11(5-7-12)10-2-3-10;1-2/h4-10H,2-3H2,1H3;1H2. The van der Waals surface area contributed by atoms with Crippen molar-refractivity contribution in [2.45, 2.75) is 18.8 Å². The van der Waals surface area contributed by atoms with Gasteiger partial charge in [0.15, 0.2) is 0 Å². The normalized spacial score (nSPS) is 13.2. The molecule has 20 heavy (non-hydrogen) atoms. The molecule has 0 saturated heterocycles. The van der Waals surface area contributed by atoms with E-state index in [1.165, 1.54) is 29.7 Å². The summed E-state index contributed by atoms with van der Waals surface area (Å²) in [4.78, 5) is 21.0. The molecule has 1 aliphatic rings. The highest BCUT2D eigenvalue weighted by Gasteiger charge is 2.23. The molecule has 0 atom stereocenters. The molecule has 0 amide bonds. The quantitative estimate of drug-likeness (QED) is 0.806. The monoisotopic (exact) mass is 288 g/mol. The number of hydrogen-bond donors (Lipinski definition) is 0. The van der Waals surface area contributed by atoms with Crippen LogP contribution in [0, 0.1) is 0 Å². The second kappa shape index (κ2) is 6.48. The highest BCUT2D eigenvalue weighted by molar-refractivity contribution is 7.12. The lowest BCUT2D eigenvalue weighted by Crippen LogP contribution is -2.00. The van der Waals surface area contributed by atoms with Gasteiger partial charge in [-0.1, -0.05) is 24.3 Å². The Morgan fingerprint density at radius 1 is 1.20 bits per heavy atom. The highest BCUT2D eigenvalue weighted by atomic mass is 32.1. The second-order valence-electron chi connectivity index (χ2n) is 4.54. The van der Waals surface area contributed by atoms with Gasteiger partial charge in [-0.2, -0.15) is 0 Å². The first kappa shape index (κ1) is 14.5. The van der Waals surface area contributed by atoms with Gasteiger partial charge >= 0.3 is 0 Å². The van der Waals surface area contributed by atoms with Crippen molar-refractivity contribution in [1.29, 1.82) is 0 Å². The van der Waals surface area contributed by atoms with Crippen LogP contribution < -0.4 is 4.74 Å². The lowest BCUT2D eigenvalue weighted by molar-refractivity contribution is -0.0979. The van der Waals surface area contributed by atoms with Gasteiger partial charge in [0.25, 0.3) is 0 Å². The van der Waals surface area contributed by atoms with Gasteiger partial charge in [0.05, 0.1) is 7.11 Å². The summed E-state index contributed by atoms with van der Waals surface area (Å²) in [7, 11) is 1.59. The van der Waals surface area contributed by atoms with E-state index in [1.807, 2.05) is 30.4 Å². The molecule has 0 aliphatic heterocycles. The van der Waals surface area contributed by atoms with Crippen molar-refractivity contribution >= 4 is 23.9 Å². The van der Waals surface area contributed by atoms with E-state index < -0.39 is 0 Å². The minimum absolute atomic E-state index is 0.0456. The lowest BCUT2D eigenvalue weighted by Gasteiger charge is -2.03. The zero-order valence-electron chi connectivity index (χ0n) is 11.3. The molecular weight excluding hydrogens is 272 g/mol. The van der Waals surface area contributed by atoms with Gasteiger partial charge in [-0.3, -0.25) is 4.79 Å². The smallest absolute Gasteiger partial charge is 0.206 e. The lowest BCUT2D eigenvalue weighted by atomic mass is 10.0. The van der Waals surface area contributed by atoms with Crippen LogP contribution in [0.2, 0.25) is 0 Å². The van der Waals surface area contributed by atoms with E-state index >= 15 is 0 Å². The summed E-state index contributed by atoms with van der Waals surface area (Å²) >= 11 is 1.43. The second-order valence-corrected chi connectivity index (χ2v) is 5.46. The molecule has 1 heterocycles. The maximum Gasteiger partial charge on any atom is 0.206 e. The Balaban J connectivity index is 0.000000704. The summed E-state index contributed by atoms with van der Waals surface area (Å²) in [5.74, 6) is 1.44. The van der Waals surface area contributed by atoms with Crippen LogP contribution in [0.25, 0.3) is 0 Å². The first-order valence-corrected chi connectivity index (χ1v) is 7.22. The molecule has 1 aromatic heterocycles. The van der Waals surface area contributed by atoms with E-state index in [9.17, 15) is 4.79 Å². The number of carbonyl (C=O) groups is 2. The maximum atomic E-state index is 12.3. The van der Waals surface area contributed by atoms with Gasteiger partial charge in [-0.15, -0.1) is 11.3 Å². The van der Waals surface area contributed by atoms with Crippen molar-refractivity contribution in [2.24, 2.45) is 0 Å². The molecule has 3 rings (SSSR count). The van der Waals surface area contributed by atoms with Gasteiger partial charge in [0.1, 0.15) is 17.4 Å². The van der Waals surface area contributed by atoms with Gasteiger partial charge in [0.2, 0.25) is 5.78 Å². The maximum absolute atomic E-state index is 12.3. The first-order chi connectivity index (χ1) is 9.79. The summed E-state index contributed by atoms with van der Waals surface area (Å²) < 4.78 is 5.19. The van der Waals surface area contributed by atoms with E-state index in [4.69, 9.17) is 9.53 Å². The van der Waals surface area contributed by atoms with E-state index in [-0.39, 0.29) is 5.78 Å². The topological polar surface area (TPSA) is 43.4 Å². The van der Waals surface area contributed by atoms with E-state index in [2.05, 4.69) is 12.1 Å². The Morgan fingerprint density at radius 2 is 1.85 bits per heavy atom. The first-order valence-electron chi connectivity index (χ1n) is 6.34. The molecule has 3 nitrogen and oxygen atoms in total. The summed E-state index contributed by atoms with van der Waals surface area (Å²) in [6.45, 7) is 2.00. The molecule has 1 aliphatic carbocycles. The Kier molecular flexibility index (Phi) is 4.69. The van der Waals surface area contributed by atoms with Crippen LogP contribution in [-0.4, -0.2) is 19.7 Å². The van der Waals surface area contributed by atoms with Crippen molar-refractivity contribution in [2.75, 3.05) is 7.11 Å². The fourth-order valence-electron chi connectivity index (χ4n) is 2.08. The Hall–Kier alpha value is -1.94. The molecule has 104 valence electrons. The highest BCUT2D eigenvalue weighted by Crippen LogP contribution is 2.40. The van der Waals surface area contributed by atoms with E-state index in [1.54, 1.807) is 7.11 Å². The van der Waals surface area contributed by atoms with E-state index in [0.717, 1.165) is 11.5 Å². The molecule has 0 unspecified atom stereocenters. The molecule has 0 bridgehead atoms. The third kappa shape index (κ3) is 2.96. The zero-order valence-corrected chi connectivity index (χ0v) is 12.1. The Labute approximate surface area is 122 Å². The van der Waals surface area contributed by atoms with Crippen LogP contribution >= 0.6 is 11.3 Å². The average molecular weight is 288 g/mol. The van der Waals surface area contributed by atoms with Crippen LogP contribution in [0.3, 0.4) is 0 Å². The Bertz CT molecular complexity index is 582. The van der Waals surface area contributed by atoms with Crippen molar-refractivity contribution < 1.29 is 14.3 Å². The van der Waals surface area contributed by atoms with Gasteiger partial charge in [0, 0.05) is 5.56 Å². The molecule has 1 saturated carbocycles. The predicted octanol–water partition coefficient (Wildman–Crippen LogP) is 3.68. The summed E-state index contributed by atoms with van der Waals surface area (Å²) in [6, 6.07) is 9.83. The third-order valence-electron chi connectivity index (χ3n) is 3.28. The zero-order chi connectivity index (χ0) is 14.5. The van der Waals surface area contributed by atoms with Crippen molar-refractivity contribution in [3.63, 3.8) is 0 Å². The number of ketones is 1. The predicted molar refractivity (Wildman–Crippen MR) is 79.8 cm³/mol. The van der Waals surface area contributed by atoms with Gasteiger partial charge in [-0.05, 0) is 35.8 Å². The van der Waals surface area contributed by atoms with E-state index in [0.29, 0.717) is 10.6 Å². The minimum atomic E-state index is 0.0456. The van der Waals surface area contributed by atoms with Crippen LogP contribution in [0.5, 0.6) is 5.75 Å². The van der Waals surface area contributed by atoms with Crippen molar-refractivity contribution in [3.05, 3.63) is 51.7 Å². The van der Waals surface area contributed by atoms with Crippen molar-refractivity contribution in [1.82, 2.24) is 0 Å². The molecule has 0 radical (unpaired) electrons. The largest absolute Gasteiger partial charge is 0.495 e. The van der Waals surface area contributed by atoms with Crippen LogP contribution in [-0.2, 0) is 4.79 Å². The molecule has 0 spiro atoms. The van der Waals surface area contributed by atoms with Gasteiger partial charge < -0.3 is 9.53 Å². The number of rotatable bonds is 4. The average Bonchev–Trinajstić information content (AvgIpc) is 3.26. The third-order valence-corrected chi connectivity index (χ3v) is 4.17. The van der Waals surface area contributed by atoms with Gasteiger partial charge in [-0.25, -0.2) is 0 Å².